The number of aliphatic hydroxyl groups excluding tert-OH is 1. The summed E-state index contributed by atoms with van der Waals surface area (Å²) in [7, 11) is 2.06. The Labute approximate surface area is 281 Å². The van der Waals surface area contributed by atoms with Crippen LogP contribution in [0.4, 0.5) is 13.2 Å². The van der Waals surface area contributed by atoms with E-state index in [0.29, 0.717) is 17.0 Å². The third-order valence-corrected chi connectivity index (χ3v) is 6.88. The number of rotatable bonds is 10. The van der Waals surface area contributed by atoms with Crippen molar-refractivity contribution < 1.29 is 32.9 Å². The molecule has 5 nitrogen and oxygen atoms in total. The second kappa shape index (κ2) is 31.2. The minimum absolute atomic E-state index is 0. The highest BCUT2D eigenvalue weighted by Crippen LogP contribution is 2.18. The standard InChI is InChI=1S/C9H9F3O.C9H21N.C9H12O.C6H14O.C2H4O.C2H6.CH4/c1-6-4-7(2-3-8(6)10)13-5-9(11)12;1-5-7-9(3,10-4)8-6-2;1-7-3-4-9(6-10)5-8(7)2;1-5(2)6(3,4)7;1-2-3;1-2;/h2-4,9H,5H2,1H3;10H,5-8H2,1-4H3;3-5,10H,6H2,1-2H3;5,7H,1-4H3;2H,1H3;1-2H3;1H4. The van der Waals surface area contributed by atoms with Gasteiger partial charge in [0.15, 0.2) is 0 Å². The predicted molar refractivity (Wildman–Crippen MR) is 193 cm³/mol. The first-order chi connectivity index (χ1) is 20.9. The molecule has 0 aliphatic rings. The largest absolute Gasteiger partial charge is 0.488 e. The number of ether oxygens (including phenoxy) is 1. The van der Waals surface area contributed by atoms with Gasteiger partial charge in [0.2, 0.25) is 0 Å². The molecule has 0 atom stereocenters. The number of halogens is 3. The van der Waals surface area contributed by atoms with Crippen LogP contribution in [0.2, 0.25) is 0 Å². The van der Waals surface area contributed by atoms with Gasteiger partial charge >= 0.3 is 0 Å². The first-order valence-electron chi connectivity index (χ1n) is 16.0. The maximum absolute atomic E-state index is 12.7. The van der Waals surface area contributed by atoms with E-state index in [0.717, 1.165) is 11.8 Å². The summed E-state index contributed by atoms with van der Waals surface area (Å²) in [5.74, 6) is 0.246. The molecule has 0 bridgehead atoms. The van der Waals surface area contributed by atoms with Gasteiger partial charge < -0.3 is 25.1 Å². The van der Waals surface area contributed by atoms with Gasteiger partial charge in [-0.1, -0.05) is 80.0 Å². The fourth-order valence-electron chi connectivity index (χ4n) is 3.25. The van der Waals surface area contributed by atoms with Gasteiger partial charge in [0.1, 0.15) is 24.5 Å². The highest BCUT2D eigenvalue weighted by atomic mass is 19.3. The van der Waals surface area contributed by atoms with Crippen molar-refractivity contribution in [2.45, 2.75) is 147 Å². The Bertz CT molecular complexity index is 971. The van der Waals surface area contributed by atoms with Gasteiger partial charge in [0.05, 0.1) is 12.2 Å². The van der Waals surface area contributed by atoms with Crippen LogP contribution in [0.25, 0.3) is 0 Å². The van der Waals surface area contributed by atoms with Crippen LogP contribution in [0, 0.1) is 32.5 Å². The maximum Gasteiger partial charge on any atom is 0.272 e. The molecule has 272 valence electrons. The molecule has 2 aromatic carbocycles. The lowest BCUT2D eigenvalue weighted by atomic mass is 9.91. The van der Waals surface area contributed by atoms with Crippen LogP contribution in [-0.2, 0) is 11.4 Å². The average molecular weight is 662 g/mol. The Balaban J connectivity index is -0.000000156. The zero-order valence-electron chi connectivity index (χ0n) is 30.8. The summed E-state index contributed by atoms with van der Waals surface area (Å²) < 4.78 is 40.8. The summed E-state index contributed by atoms with van der Waals surface area (Å²) in [6.07, 6.45) is 3.37. The molecule has 2 aromatic rings. The minimum atomic E-state index is -2.51. The molecule has 0 saturated heterocycles. The van der Waals surface area contributed by atoms with Gasteiger partial charge in [-0.05, 0) is 115 Å². The molecule has 0 amide bonds. The van der Waals surface area contributed by atoms with Crippen molar-refractivity contribution in [3.8, 4) is 5.75 Å². The van der Waals surface area contributed by atoms with Crippen LogP contribution in [0.1, 0.15) is 125 Å². The summed E-state index contributed by atoms with van der Waals surface area (Å²) in [5.41, 5.74) is 3.78. The molecule has 0 spiro atoms. The molecule has 3 N–H and O–H groups in total. The number of carbonyl (C=O) groups is 1. The van der Waals surface area contributed by atoms with Crippen LogP contribution in [0.5, 0.6) is 5.75 Å². The molecular weight excluding hydrogens is 591 g/mol. The number of aryl methyl sites for hydroxylation is 3. The molecule has 0 heterocycles. The van der Waals surface area contributed by atoms with Gasteiger partial charge in [0.25, 0.3) is 6.43 Å². The summed E-state index contributed by atoms with van der Waals surface area (Å²) in [4.78, 5) is 8.81. The highest BCUT2D eigenvalue weighted by molar-refractivity contribution is 5.44. The fourth-order valence-corrected chi connectivity index (χ4v) is 3.25. The van der Waals surface area contributed by atoms with Crippen LogP contribution >= 0.6 is 0 Å². The maximum atomic E-state index is 12.7. The molecule has 0 radical (unpaired) electrons. The Morgan fingerprint density at radius 2 is 1.37 bits per heavy atom. The Morgan fingerprint density at radius 3 is 1.67 bits per heavy atom. The van der Waals surface area contributed by atoms with E-state index in [2.05, 4.69) is 51.7 Å². The topological polar surface area (TPSA) is 78.8 Å². The number of hydrogen-bond donors (Lipinski definition) is 3. The van der Waals surface area contributed by atoms with Crippen molar-refractivity contribution in [1.82, 2.24) is 5.32 Å². The van der Waals surface area contributed by atoms with Gasteiger partial charge in [0, 0.05) is 5.54 Å². The van der Waals surface area contributed by atoms with Crippen molar-refractivity contribution >= 4 is 6.29 Å². The average Bonchev–Trinajstić information content (AvgIpc) is 2.97. The molecule has 0 saturated carbocycles. The second-order valence-corrected chi connectivity index (χ2v) is 11.5. The van der Waals surface area contributed by atoms with Crippen molar-refractivity contribution in [3.05, 3.63) is 64.5 Å². The van der Waals surface area contributed by atoms with Crippen LogP contribution < -0.4 is 10.1 Å². The Morgan fingerprint density at radius 1 is 0.913 bits per heavy atom. The van der Waals surface area contributed by atoms with E-state index in [4.69, 9.17) is 15.0 Å². The number of nitrogens with one attached hydrogen (secondary N) is 1. The van der Waals surface area contributed by atoms with E-state index in [1.54, 1.807) is 6.92 Å². The molecule has 46 heavy (non-hydrogen) atoms. The van der Waals surface area contributed by atoms with Crippen molar-refractivity contribution in [2.24, 2.45) is 5.92 Å². The minimum Gasteiger partial charge on any atom is -0.488 e. The molecule has 8 heteroatoms. The zero-order chi connectivity index (χ0) is 36.2. The van der Waals surface area contributed by atoms with Gasteiger partial charge in [-0.2, -0.15) is 0 Å². The summed E-state index contributed by atoms with van der Waals surface area (Å²) in [5, 5.41) is 21.2. The lowest BCUT2D eigenvalue weighted by Crippen LogP contribution is -2.39. The number of aldehydes is 1. The van der Waals surface area contributed by atoms with Gasteiger partial charge in [-0.15, -0.1) is 0 Å². The van der Waals surface area contributed by atoms with E-state index in [1.165, 1.54) is 61.9 Å². The fraction of sp³-hybridized carbons (Fsp3) is 0.658. The smallest absolute Gasteiger partial charge is 0.272 e. The zero-order valence-corrected chi connectivity index (χ0v) is 30.8. The van der Waals surface area contributed by atoms with Crippen molar-refractivity contribution in [2.75, 3.05) is 13.7 Å². The van der Waals surface area contributed by atoms with Crippen LogP contribution in [0.15, 0.2) is 36.4 Å². The summed E-state index contributed by atoms with van der Waals surface area (Å²) in [6.45, 7) is 25.0. The third-order valence-electron chi connectivity index (χ3n) is 6.88. The molecule has 2 rings (SSSR count). The number of benzene rings is 2. The quantitative estimate of drug-likeness (QED) is 0.221. The number of aliphatic hydroxyl groups is 2. The van der Waals surface area contributed by atoms with E-state index in [1.807, 2.05) is 59.7 Å². The molecule has 0 unspecified atom stereocenters. The lowest BCUT2D eigenvalue weighted by Gasteiger charge is -2.28. The highest BCUT2D eigenvalue weighted by Gasteiger charge is 2.18. The lowest BCUT2D eigenvalue weighted by molar-refractivity contribution is -0.106. The number of carbonyl (C=O) groups excluding carboxylic acids is 1. The molecule has 0 fully saturated rings. The van der Waals surface area contributed by atoms with Crippen LogP contribution in [-0.4, -0.2) is 47.7 Å². The molecule has 0 aromatic heterocycles. The Kier molecular flexibility index (Phi) is 36.0. The summed E-state index contributed by atoms with van der Waals surface area (Å²) >= 11 is 0. The third kappa shape index (κ3) is 30.2. The number of hydrogen-bond acceptors (Lipinski definition) is 5. The monoisotopic (exact) mass is 662 g/mol. The van der Waals surface area contributed by atoms with E-state index < -0.39 is 18.6 Å². The first-order valence-corrected chi connectivity index (χ1v) is 16.0. The normalized spacial score (nSPS) is 10.1. The van der Waals surface area contributed by atoms with Crippen molar-refractivity contribution in [3.63, 3.8) is 0 Å². The van der Waals surface area contributed by atoms with E-state index in [9.17, 15) is 13.2 Å². The molecule has 0 aliphatic carbocycles. The predicted octanol–water partition coefficient (Wildman–Crippen LogP) is 10.4. The van der Waals surface area contributed by atoms with E-state index in [-0.39, 0.29) is 25.6 Å². The number of alkyl halides is 2. The second-order valence-electron chi connectivity index (χ2n) is 11.5. The van der Waals surface area contributed by atoms with Gasteiger partial charge in [-0.25, -0.2) is 13.2 Å². The van der Waals surface area contributed by atoms with Crippen LogP contribution in [0.3, 0.4) is 0 Å². The SMILES string of the molecule is C.CC.CC(C)C(C)(C)O.CC=O.CCCC(C)(CCC)NC.Cc1cc(OCC(F)F)ccc1F.Cc1ccc(CO)cc1C. The molecular formula is C38H70F3NO4. The molecule has 0 aliphatic heterocycles. The summed E-state index contributed by atoms with van der Waals surface area (Å²) in [6, 6.07) is 9.89. The Hall–Kier alpha value is -2.42. The van der Waals surface area contributed by atoms with E-state index >= 15 is 0 Å². The van der Waals surface area contributed by atoms with Crippen molar-refractivity contribution in [1.29, 1.82) is 0 Å². The first kappa shape index (κ1) is 53.1. The van der Waals surface area contributed by atoms with Gasteiger partial charge in [-0.3, -0.25) is 0 Å².